The highest BCUT2D eigenvalue weighted by Gasteiger charge is 2.23. The van der Waals surface area contributed by atoms with E-state index < -0.39 is 6.04 Å². The molecule has 1 amide bonds. The minimum absolute atomic E-state index is 0.238. The van der Waals surface area contributed by atoms with Crippen molar-refractivity contribution in [2.24, 2.45) is 0 Å². The number of carbonyl (C=O) groups excluding carboxylic acids is 1. The van der Waals surface area contributed by atoms with Crippen LogP contribution < -0.4 is 10.9 Å². The van der Waals surface area contributed by atoms with Gasteiger partial charge >= 0.3 is 0 Å². The van der Waals surface area contributed by atoms with E-state index in [1.807, 2.05) is 38.1 Å². The molecule has 0 radical (unpaired) electrons. The molecular weight excluding hydrogens is 330 g/mol. The molecule has 0 fully saturated rings. The maximum atomic E-state index is 12.9. The monoisotopic (exact) mass is 353 g/mol. The van der Waals surface area contributed by atoms with Crippen LogP contribution in [0.4, 0.5) is 5.69 Å². The van der Waals surface area contributed by atoms with Gasteiger partial charge in [0, 0.05) is 11.3 Å². The van der Waals surface area contributed by atoms with Crippen molar-refractivity contribution < 1.29 is 9.21 Å². The first-order valence-electron chi connectivity index (χ1n) is 8.82. The van der Waals surface area contributed by atoms with Crippen molar-refractivity contribution in [2.75, 3.05) is 5.32 Å². The van der Waals surface area contributed by atoms with Crippen LogP contribution in [0.15, 0.2) is 39.8 Å². The van der Waals surface area contributed by atoms with E-state index in [1.54, 1.807) is 6.92 Å². The van der Waals surface area contributed by atoms with Crippen LogP contribution in [0, 0.1) is 13.8 Å². The predicted molar refractivity (Wildman–Crippen MR) is 102 cm³/mol. The summed E-state index contributed by atoms with van der Waals surface area (Å²) in [7, 11) is 0. The molecule has 1 aromatic carbocycles. The number of anilines is 1. The van der Waals surface area contributed by atoms with Crippen LogP contribution in [0.2, 0.25) is 0 Å². The Kier molecular flexibility index (Phi) is 4.93. The first-order valence-corrected chi connectivity index (χ1v) is 8.82. The van der Waals surface area contributed by atoms with Crippen LogP contribution in [0.3, 0.4) is 0 Å². The topological polar surface area (TPSA) is 77.1 Å². The molecule has 0 spiro atoms. The van der Waals surface area contributed by atoms with Crippen LogP contribution in [0.1, 0.15) is 43.2 Å². The molecule has 0 saturated heterocycles. The minimum atomic E-state index is -0.639. The molecule has 2 aromatic heterocycles. The Bertz CT molecular complexity index is 1000. The SMILES string of the molecule is CCc1ccc(NC(=O)C(CC)n2cnc3oc(C)c(C)c3c2=O)cc1. The summed E-state index contributed by atoms with van der Waals surface area (Å²) in [5.41, 5.74) is 2.73. The van der Waals surface area contributed by atoms with Gasteiger partial charge in [0.05, 0.1) is 0 Å². The van der Waals surface area contributed by atoms with Crippen molar-refractivity contribution >= 4 is 22.7 Å². The van der Waals surface area contributed by atoms with E-state index in [1.165, 1.54) is 16.5 Å². The summed E-state index contributed by atoms with van der Waals surface area (Å²) in [6.45, 7) is 7.57. The number of furan rings is 1. The van der Waals surface area contributed by atoms with Crippen LogP contribution in [0.25, 0.3) is 11.1 Å². The molecule has 0 aliphatic rings. The molecule has 1 atom stereocenters. The zero-order valence-corrected chi connectivity index (χ0v) is 15.5. The number of fused-ring (bicyclic) bond motifs is 1. The molecular formula is C20H23N3O3. The van der Waals surface area contributed by atoms with Crippen molar-refractivity contribution in [3.63, 3.8) is 0 Å². The number of hydrogen-bond acceptors (Lipinski definition) is 4. The summed E-state index contributed by atoms with van der Waals surface area (Å²) < 4.78 is 6.89. The van der Waals surface area contributed by atoms with E-state index in [0.29, 0.717) is 29.0 Å². The number of nitrogens with zero attached hydrogens (tertiary/aromatic N) is 2. The van der Waals surface area contributed by atoms with Gasteiger partial charge in [-0.25, -0.2) is 4.98 Å². The van der Waals surface area contributed by atoms with E-state index in [-0.39, 0.29) is 11.5 Å². The molecule has 6 heteroatoms. The van der Waals surface area contributed by atoms with Crippen LogP contribution in [0.5, 0.6) is 0 Å². The summed E-state index contributed by atoms with van der Waals surface area (Å²) in [6.07, 6.45) is 2.80. The number of aryl methyl sites for hydroxylation is 3. The third kappa shape index (κ3) is 3.14. The zero-order valence-electron chi connectivity index (χ0n) is 15.5. The second-order valence-corrected chi connectivity index (χ2v) is 6.38. The van der Waals surface area contributed by atoms with Gasteiger partial charge < -0.3 is 9.73 Å². The van der Waals surface area contributed by atoms with Crippen molar-refractivity contribution in [1.82, 2.24) is 9.55 Å². The lowest BCUT2D eigenvalue weighted by Gasteiger charge is -2.17. The number of benzene rings is 1. The molecule has 2 heterocycles. The molecule has 136 valence electrons. The fraction of sp³-hybridized carbons (Fsp3) is 0.350. The molecule has 0 aliphatic carbocycles. The Balaban J connectivity index is 1.93. The van der Waals surface area contributed by atoms with Gasteiger partial charge in [-0.15, -0.1) is 0 Å². The van der Waals surface area contributed by atoms with Gasteiger partial charge in [-0.1, -0.05) is 26.0 Å². The number of carbonyl (C=O) groups is 1. The van der Waals surface area contributed by atoms with Gasteiger partial charge in [0.2, 0.25) is 11.6 Å². The van der Waals surface area contributed by atoms with Gasteiger partial charge in [-0.3, -0.25) is 14.2 Å². The van der Waals surface area contributed by atoms with E-state index in [9.17, 15) is 9.59 Å². The molecule has 0 aliphatic heterocycles. The van der Waals surface area contributed by atoms with Gasteiger partial charge in [0.15, 0.2) is 0 Å². The van der Waals surface area contributed by atoms with E-state index in [4.69, 9.17) is 4.42 Å². The Morgan fingerprint density at radius 1 is 1.23 bits per heavy atom. The lowest BCUT2D eigenvalue weighted by molar-refractivity contribution is -0.119. The highest BCUT2D eigenvalue weighted by atomic mass is 16.3. The molecule has 6 nitrogen and oxygen atoms in total. The predicted octanol–water partition coefficient (Wildman–Crippen LogP) is 3.76. The van der Waals surface area contributed by atoms with Crippen LogP contribution in [-0.2, 0) is 11.2 Å². The molecule has 26 heavy (non-hydrogen) atoms. The molecule has 0 bridgehead atoms. The Hall–Kier alpha value is -2.89. The maximum absolute atomic E-state index is 12.9. The highest BCUT2D eigenvalue weighted by molar-refractivity contribution is 5.94. The number of nitrogens with one attached hydrogen (secondary N) is 1. The van der Waals surface area contributed by atoms with Crippen LogP contribution in [-0.4, -0.2) is 15.5 Å². The number of amides is 1. The summed E-state index contributed by atoms with van der Waals surface area (Å²) in [5, 5.41) is 3.32. The highest BCUT2D eigenvalue weighted by Crippen LogP contribution is 2.21. The Labute approximate surface area is 151 Å². The largest absolute Gasteiger partial charge is 0.443 e. The van der Waals surface area contributed by atoms with E-state index in [2.05, 4.69) is 17.2 Å². The lowest BCUT2D eigenvalue weighted by atomic mass is 10.1. The summed E-state index contributed by atoms with van der Waals surface area (Å²) in [6, 6.07) is 7.07. The summed E-state index contributed by atoms with van der Waals surface area (Å²) in [4.78, 5) is 29.9. The Morgan fingerprint density at radius 2 is 1.92 bits per heavy atom. The second kappa shape index (κ2) is 7.15. The van der Waals surface area contributed by atoms with Crippen molar-refractivity contribution in [2.45, 2.75) is 46.6 Å². The average Bonchev–Trinajstić information content (AvgIpc) is 2.93. The van der Waals surface area contributed by atoms with Gasteiger partial charge in [-0.2, -0.15) is 0 Å². The Morgan fingerprint density at radius 3 is 2.54 bits per heavy atom. The molecule has 3 aromatic rings. The second-order valence-electron chi connectivity index (χ2n) is 6.38. The molecule has 1 unspecified atom stereocenters. The third-order valence-corrected chi connectivity index (χ3v) is 4.77. The van der Waals surface area contributed by atoms with Crippen molar-refractivity contribution in [3.05, 3.63) is 57.8 Å². The third-order valence-electron chi connectivity index (χ3n) is 4.77. The molecule has 3 rings (SSSR count). The summed E-state index contributed by atoms with van der Waals surface area (Å²) >= 11 is 0. The van der Waals surface area contributed by atoms with Gasteiger partial charge in [0.1, 0.15) is 23.5 Å². The number of aromatic nitrogens is 2. The fourth-order valence-electron chi connectivity index (χ4n) is 3.03. The van der Waals surface area contributed by atoms with Gasteiger partial charge in [-0.05, 0) is 44.4 Å². The normalized spacial score (nSPS) is 12.3. The van der Waals surface area contributed by atoms with Crippen LogP contribution >= 0.6 is 0 Å². The van der Waals surface area contributed by atoms with Crippen molar-refractivity contribution in [1.29, 1.82) is 0 Å². The fourth-order valence-corrected chi connectivity index (χ4v) is 3.03. The minimum Gasteiger partial charge on any atom is -0.443 e. The lowest BCUT2D eigenvalue weighted by Crippen LogP contribution is -2.33. The maximum Gasteiger partial charge on any atom is 0.265 e. The van der Waals surface area contributed by atoms with E-state index >= 15 is 0 Å². The quantitative estimate of drug-likeness (QED) is 0.758. The van der Waals surface area contributed by atoms with Gasteiger partial charge in [0.25, 0.3) is 5.56 Å². The number of hydrogen-bond donors (Lipinski definition) is 1. The van der Waals surface area contributed by atoms with Crippen molar-refractivity contribution in [3.8, 4) is 0 Å². The molecule has 1 N–H and O–H groups in total. The zero-order chi connectivity index (χ0) is 18.8. The average molecular weight is 353 g/mol. The first kappa shape index (κ1) is 17.9. The first-order chi connectivity index (χ1) is 12.5. The molecule has 0 saturated carbocycles. The summed E-state index contributed by atoms with van der Waals surface area (Å²) in [5.74, 6) is 0.425. The smallest absolute Gasteiger partial charge is 0.265 e. The standard InChI is InChI=1S/C20H23N3O3/c1-5-14-7-9-15(10-8-14)22-18(24)16(6-2)23-11-21-19-17(20(23)25)12(3)13(4)26-19/h7-11,16H,5-6H2,1-4H3,(H,22,24). The number of rotatable bonds is 5. The van der Waals surface area contributed by atoms with E-state index in [0.717, 1.165) is 12.0 Å².